The van der Waals surface area contributed by atoms with Gasteiger partial charge in [-0.05, 0) is 24.1 Å². The van der Waals surface area contributed by atoms with Gasteiger partial charge in [-0.2, -0.15) is 0 Å². The van der Waals surface area contributed by atoms with Crippen LogP contribution in [0.3, 0.4) is 0 Å². The Labute approximate surface area is 125 Å². The molecule has 0 aliphatic carbocycles. The summed E-state index contributed by atoms with van der Waals surface area (Å²) in [7, 11) is 0. The first-order valence-corrected chi connectivity index (χ1v) is 7.56. The minimum atomic E-state index is -0.109. The lowest BCUT2D eigenvalue weighted by Crippen LogP contribution is -2.46. The molecule has 0 aromatic heterocycles. The molecule has 2 rings (SSSR count). The fourth-order valence-electron chi connectivity index (χ4n) is 2.34. The third-order valence-electron chi connectivity index (χ3n) is 3.68. The van der Waals surface area contributed by atoms with E-state index in [4.69, 9.17) is 0 Å². The van der Waals surface area contributed by atoms with E-state index < -0.39 is 0 Å². The molecule has 1 aliphatic heterocycles. The van der Waals surface area contributed by atoms with Crippen LogP contribution in [0.4, 0.5) is 5.69 Å². The first-order valence-electron chi connectivity index (χ1n) is 7.56. The Hall–Kier alpha value is -1.88. The number of piperazine rings is 1. The van der Waals surface area contributed by atoms with Crippen molar-refractivity contribution < 1.29 is 9.59 Å². The number of rotatable bonds is 5. The Balaban J connectivity index is 1.74. The van der Waals surface area contributed by atoms with E-state index in [0.29, 0.717) is 0 Å². The molecule has 0 saturated carbocycles. The zero-order valence-electron chi connectivity index (χ0n) is 12.5. The largest absolute Gasteiger partial charge is 0.340 e. The molecule has 5 heteroatoms. The summed E-state index contributed by atoms with van der Waals surface area (Å²) in [5.74, 6) is -0.0456. The van der Waals surface area contributed by atoms with Gasteiger partial charge < -0.3 is 15.5 Å². The molecular weight excluding hydrogens is 266 g/mol. The molecule has 1 heterocycles. The van der Waals surface area contributed by atoms with Gasteiger partial charge in [0.1, 0.15) is 0 Å². The SMILES string of the molecule is CCc1ccc(NC(=O)CCC(=O)N2CCNCC2)cc1. The van der Waals surface area contributed by atoms with Crippen LogP contribution in [-0.2, 0) is 16.0 Å². The lowest BCUT2D eigenvalue weighted by molar-refractivity contribution is -0.133. The number of aryl methyl sites for hydroxylation is 1. The molecule has 0 atom stereocenters. The summed E-state index contributed by atoms with van der Waals surface area (Å²) in [6, 6.07) is 7.80. The Kier molecular flexibility index (Phi) is 5.75. The number of hydrogen-bond donors (Lipinski definition) is 2. The van der Waals surface area contributed by atoms with E-state index in [9.17, 15) is 9.59 Å². The number of hydrogen-bond acceptors (Lipinski definition) is 3. The predicted octanol–water partition coefficient (Wildman–Crippen LogP) is 1.40. The second kappa shape index (κ2) is 7.78. The van der Waals surface area contributed by atoms with E-state index in [1.807, 2.05) is 29.2 Å². The van der Waals surface area contributed by atoms with Gasteiger partial charge in [0.25, 0.3) is 0 Å². The van der Waals surface area contributed by atoms with Gasteiger partial charge in [0, 0.05) is 44.7 Å². The molecule has 21 heavy (non-hydrogen) atoms. The number of carbonyl (C=O) groups excluding carboxylic acids is 2. The van der Waals surface area contributed by atoms with Gasteiger partial charge in [0.2, 0.25) is 11.8 Å². The van der Waals surface area contributed by atoms with Gasteiger partial charge in [0.05, 0.1) is 0 Å². The number of benzene rings is 1. The molecule has 1 aromatic rings. The van der Waals surface area contributed by atoms with Crippen molar-refractivity contribution in [1.29, 1.82) is 0 Å². The van der Waals surface area contributed by atoms with E-state index in [1.54, 1.807) is 0 Å². The van der Waals surface area contributed by atoms with Crippen LogP contribution in [0.25, 0.3) is 0 Å². The zero-order chi connectivity index (χ0) is 15.1. The number of nitrogens with one attached hydrogen (secondary N) is 2. The summed E-state index contributed by atoms with van der Waals surface area (Å²) < 4.78 is 0. The lowest BCUT2D eigenvalue weighted by atomic mass is 10.1. The van der Waals surface area contributed by atoms with E-state index >= 15 is 0 Å². The molecule has 2 amide bonds. The first kappa shape index (κ1) is 15.5. The number of anilines is 1. The van der Waals surface area contributed by atoms with Crippen LogP contribution in [0.1, 0.15) is 25.3 Å². The van der Waals surface area contributed by atoms with Crippen LogP contribution in [0.2, 0.25) is 0 Å². The topological polar surface area (TPSA) is 61.4 Å². The van der Waals surface area contributed by atoms with Crippen LogP contribution in [0.5, 0.6) is 0 Å². The van der Waals surface area contributed by atoms with Crippen molar-refractivity contribution in [2.45, 2.75) is 26.2 Å². The molecule has 1 fully saturated rings. The molecule has 5 nitrogen and oxygen atoms in total. The monoisotopic (exact) mass is 289 g/mol. The summed E-state index contributed by atoms with van der Waals surface area (Å²) in [6.45, 7) is 5.23. The minimum Gasteiger partial charge on any atom is -0.340 e. The highest BCUT2D eigenvalue weighted by Gasteiger charge is 2.16. The van der Waals surface area contributed by atoms with Gasteiger partial charge in [-0.1, -0.05) is 19.1 Å². The van der Waals surface area contributed by atoms with Crippen molar-refractivity contribution in [3.63, 3.8) is 0 Å². The van der Waals surface area contributed by atoms with Gasteiger partial charge in [-0.3, -0.25) is 9.59 Å². The molecule has 0 bridgehead atoms. The molecule has 0 spiro atoms. The Morgan fingerprint density at radius 1 is 1.14 bits per heavy atom. The van der Waals surface area contributed by atoms with Crippen LogP contribution in [-0.4, -0.2) is 42.9 Å². The van der Waals surface area contributed by atoms with Crippen LogP contribution in [0.15, 0.2) is 24.3 Å². The lowest BCUT2D eigenvalue weighted by Gasteiger charge is -2.27. The van der Waals surface area contributed by atoms with Crippen molar-refractivity contribution in [2.75, 3.05) is 31.5 Å². The highest BCUT2D eigenvalue weighted by atomic mass is 16.2. The normalized spacial score (nSPS) is 14.8. The number of nitrogens with zero attached hydrogens (tertiary/aromatic N) is 1. The molecular formula is C16H23N3O2. The van der Waals surface area contributed by atoms with E-state index in [0.717, 1.165) is 38.3 Å². The Bertz CT molecular complexity index is 479. The molecule has 1 aliphatic rings. The maximum Gasteiger partial charge on any atom is 0.224 e. The van der Waals surface area contributed by atoms with Crippen molar-refractivity contribution in [3.8, 4) is 0 Å². The molecule has 0 unspecified atom stereocenters. The van der Waals surface area contributed by atoms with Crippen LogP contribution >= 0.6 is 0 Å². The second-order valence-corrected chi connectivity index (χ2v) is 5.23. The molecule has 1 saturated heterocycles. The maximum atomic E-state index is 12.0. The third-order valence-corrected chi connectivity index (χ3v) is 3.68. The second-order valence-electron chi connectivity index (χ2n) is 5.23. The minimum absolute atomic E-state index is 0.0629. The first-order chi connectivity index (χ1) is 10.2. The summed E-state index contributed by atoms with van der Waals surface area (Å²) in [5, 5.41) is 6.03. The molecule has 114 valence electrons. The summed E-state index contributed by atoms with van der Waals surface area (Å²) in [4.78, 5) is 25.6. The maximum absolute atomic E-state index is 12.0. The Morgan fingerprint density at radius 3 is 2.43 bits per heavy atom. The van der Waals surface area contributed by atoms with E-state index in [1.165, 1.54) is 5.56 Å². The van der Waals surface area contributed by atoms with Crippen molar-refractivity contribution in [2.24, 2.45) is 0 Å². The van der Waals surface area contributed by atoms with Crippen molar-refractivity contribution in [3.05, 3.63) is 29.8 Å². The number of amides is 2. The molecule has 1 aromatic carbocycles. The fraction of sp³-hybridized carbons (Fsp3) is 0.500. The van der Waals surface area contributed by atoms with Gasteiger partial charge in [-0.15, -0.1) is 0 Å². The Morgan fingerprint density at radius 2 is 1.81 bits per heavy atom. The zero-order valence-corrected chi connectivity index (χ0v) is 12.5. The summed E-state index contributed by atoms with van der Waals surface area (Å²) in [6.07, 6.45) is 1.49. The standard InChI is InChI=1S/C16H23N3O2/c1-2-13-3-5-14(6-4-13)18-15(20)7-8-16(21)19-11-9-17-10-12-19/h3-6,17H,2,7-12H2,1H3,(H,18,20). The summed E-state index contributed by atoms with van der Waals surface area (Å²) >= 11 is 0. The predicted molar refractivity (Wildman–Crippen MR) is 83.1 cm³/mol. The van der Waals surface area contributed by atoms with Gasteiger partial charge >= 0.3 is 0 Å². The average molecular weight is 289 g/mol. The van der Waals surface area contributed by atoms with Crippen molar-refractivity contribution >= 4 is 17.5 Å². The quantitative estimate of drug-likeness (QED) is 0.861. The highest BCUT2D eigenvalue weighted by molar-refractivity contribution is 5.93. The number of carbonyl (C=O) groups is 2. The highest BCUT2D eigenvalue weighted by Crippen LogP contribution is 2.11. The smallest absolute Gasteiger partial charge is 0.224 e. The summed E-state index contributed by atoms with van der Waals surface area (Å²) in [5.41, 5.74) is 2.02. The van der Waals surface area contributed by atoms with Gasteiger partial charge in [0.15, 0.2) is 0 Å². The fourth-order valence-corrected chi connectivity index (χ4v) is 2.34. The van der Waals surface area contributed by atoms with Crippen LogP contribution < -0.4 is 10.6 Å². The third kappa shape index (κ3) is 4.86. The van der Waals surface area contributed by atoms with E-state index in [2.05, 4.69) is 17.6 Å². The van der Waals surface area contributed by atoms with Gasteiger partial charge in [-0.25, -0.2) is 0 Å². The average Bonchev–Trinajstić information content (AvgIpc) is 2.54. The van der Waals surface area contributed by atoms with E-state index in [-0.39, 0.29) is 24.7 Å². The van der Waals surface area contributed by atoms with Crippen LogP contribution in [0, 0.1) is 0 Å². The molecule has 0 radical (unpaired) electrons. The molecule has 2 N–H and O–H groups in total. The van der Waals surface area contributed by atoms with Crippen molar-refractivity contribution in [1.82, 2.24) is 10.2 Å².